The van der Waals surface area contributed by atoms with Gasteiger partial charge in [-0.1, -0.05) is 36.4 Å². The summed E-state index contributed by atoms with van der Waals surface area (Å²) in [6.07, 6.45) is 1.34. The van der Waals surface area contributed by atoms with Gasteiger partial charge in [0.1, 0.15) is 0 Å². The van der Waals surface area contributed by atoms with E-state index in [1.165, 1.54) is 6.21 Å². The smallest absolute Gasteiger partial charge is 0.0314 e. The van der Waals surface area contributed by atoms with Crippen molar-refractivity contribution in [2.45, 2.75) is 0 Å². The van der Waals surface area contributed by atoms with E-state index in [2.05, 4.69) is 0 Å². The lowest BCUT2D eigenvalue weighted by molar-refractivity contribution is 1.53. The number of hydrogen-bond acceptors (Lipinski definition) is 2. The summed E-state index contributed by atoms with van der Waals surface area (Å²) in [5.41, 5.74) is 9.58. The summed E-state index contributed by atoms with van der Waals surface area (Å²) in [4.78, 5) is 0. The fourth-order valence-corrected chi connectivity index (χ4v) is 1.45. The van der Waals surface area contributed by atoms with Gasteiger partial charge in [0.15, 0.2) is 0 Å². The van der Waals surface area contributed by atoms with Crippen LogP contribution >= 0.6 is 0 Å². The lowest BCUT2D eigenvalue weighted by Crippen LogP contribution is -1.84. The standard InChI is InChI=1S/C13H12N2/c14-9-10-1-3-11(4-2-10)12-5-7-13(15)8-6-12/h1-9,14H,15H2. The van der Waals surface area contributed by atoms with Crippen LogP contribution < -0.4 is 5.73 Å². The molecule has 3 N–H and O–H groups in total. The van der Waals surface area contributed by atoms with E-state index in [4.69, 9.17) is 11.1 Å². The van der Waals surface area contributed by atoms with Gasteiger partial charge < -0.3 is 11.1 Å². The molecule has 0 spiro atoms. The number of nitrogens with two attached hydrogens (primary N) is 1. The Bertz CT molecular complexity index is 455. The van der Waals surface area contributed by atoms with Gasteiger partial charge in [0, 0.05) is 11.9 Å². The van der Waals surface area contributed by atoms with Crippen molar-refractivity contribution in [3.8, 4) is 11.1 Å². The molecule has 0 fully saturated rings. The molecule has 0 radical (unpaired) electrons. The average Bonchev–Trinajstić information content (AvgIpc) is 2.30. The molecule has 0 heterocycles. The molecular weight excluding hydrogens is 184 g/mol. The Morgan fingerprint density at radius 1 is 0.800 bits per heavy atom. The van der Waals surface area contributed by atoms with Gasteiger partial charge in [-0.25, -0.2) is 0 Å². The van der Waals surface area contributed by atoms with Crippen molar-refractivity contribution < 1.29 is 0 Å². The average molecular weight is 196 g/mol. The summed E-state index contributed by atoms with van der Waals surface area (Å²) in [6, 6.07) is 15.6. The van der Waals surface area contributed by atoms with Crippen LogP contribution in [0.25, 0.3) is 11.1 Å². The molecule has 0 amide bonds. The fourth-order valence-electron chi connectivity index (χ4n) is 1.45. The number of anilines is 1. The zero-order valence-electron chi connectivity index (χ0n) is 8.27. The molecule has 0 aliphatic rings. The second kappa shape index (κ2) is 3.96. The summed E-state index contributed by atoms with van der Waals surface area (Å²) >= 11 is 0. The minimum absolute atomic E-state index is 0.773. The topological polar surface area (TPSA) is 49.9 Å². The Morgan fingerprint density at radius 2 is 1.27 bits per heavy atom. The number of hydrogen-bond donors (Lipinski definition) is 2. The lowest BCUT2D eigenvalue weighted by Gasteiger charge is -2.02. The predicted octanol–water partition coefficient (Wildman–Crippen LogP) is 2.93. The first kappa shape index (κ1) is 9.46. The van der Waals surface area contributed by atoms with Gasteiger partial charge >= 0.3 is 0 Å². The number of rotatable bonds is 2. The van der Waals surface area contributed by atoms with Crippen molar-refractivity contribution in [3.05, 3.63) is 54.1 Å². The molecule has 0 saturated carbocycles. The molecule has 2 aromatic rings. The molecule has 2 aromatic carbocycles. The highest BCUT2D eigenvalue weighted by molar-refractivity contribution is 5.78. The second-order valence-electron chi connectivity index (χ2n) is 3.39. The van der Waals surface area contributed by atoms with Crippen LogP contribution in [0.4, 0.5) is 5.69 Å². The largest absolute Gasteiger partial charge is 0.399 e. The highest BCUT2D eigenvalue weighted by Crippen LogP contribution is 2.20. The van der Waals surface area contributed by atoms with Crippen molar-refractivity contribution in [1.82, 2.24) is 0 Å². The van der Waals surface area contributed by atoms with E-state index in [1.54, 1.807) is 0 Å². The van der Waals surface area contributed by atoms with Crippen LogP contribution in [0.2, 0.25) is 0 Å². The highest BCUT2D eigenvalue weighted by Gasteiger charge is 1.96. The molecule has 0 aliphatic carbocycles. The summed E-state index contributed by atoms with van der Waals surface area (Å²) in [5, 5.41) is 7.11. The molecule has 0 aromatic heterocycles. The Hall–Kier alpha value is -2.09. The molecule has 0 bridgehead atoms. The van der Waals surface area contributed by atoms with E-state index in [9.17, 15) is 0 Å². The first-order chi connectivity index (χ1) is 7.29. The van der Waals surface area contributed by atoms with Crippen LogP contribution in [0.5, 0.6) is 0 Å². The van der Waals surface area contributed by atoms with Crippen molar-refractivity contribution in [3.63, 3.8) is 0 Å². The molecule has 0 aliphatic heterocycles. The summed E-state index contributed by atoms with van der Waals surface area (Å²) in [5.74, 6) is 0. The van der Waals surface area contributed by atoms with Gasteiger partial charge in [-0.15, -0.1) is 0 Å². The third-order valence-electron chi connectivity index (χ3n) is 2.32. The molecule has 74 valence electrons. The van der Waals surface area contributed by atoms with E-state index in [0.717, 1.165) is 22.4 Å². The maximum Gasteiger partial charge on any atom is 0.0314 e. The molecule has 0 saturated heterocycles. The first-order valence-electron chi connectivity index (χ1n) is 4.76. The quantitative estimate of drug-likeness (QED) is 0.563. The zero-order chi connectivity index (χ0) is 10.7. The first-order valence-corrected chi connectivity index (χ1v) is 4.76. The fraction of sp³-hybridized carbons (Fsp3) is 0. The van der Waals surface area contributed by atoms with Gasteiger partial charge in [-0.05, 0) is 28.8 Å². The molecule has 2 rings (SSSR count). The van der Waals surface area contributed by atoms with Crippen molar-refractivity contribution in [1.29, 1.82) is 5.41 Å². The Balaban J connectivity index is 2.37. The van der Waals surface area contributed by atoms with E-state index in [0.29, 0.717) is 0 Å². The number of nitrogen functional groups attached to an aromatic ring is 1. The number of nitrogens with one attached hydrogen (secondary N) is 1. The van der Waals surface area contributed by atoms with Crippen LogP contribution in [0, 0.1) is 5.41 Å². The summed E-state index contributed by atoms with van der Waals surface area (Å²) in [6.45, 7) is 0. The summed E-state index contributed by atoms with van der Waals surface area (Å²) < 4.78 is 0. The van der Waals surface area contributed by atoms with Crippen molar-refractivity contribution >= 4 is 11.9 Å². The van der Waals surface area contributed by atoms with E-state index >= 15 is 0 Å². The van der Waals surface area contributed by atoms with Crippen molar-refractivity contribution in [2.24, 2.45) is 0 Å². The summed E-state index contributed by atoms with van der Waals surface area (Å²) in [7, 11) is 0. The Labute approximate surface area is 88.9 Å². The monoisotopic (exact) mass is 196 g/mol. The molecule has 15 heavy (non-hydrogen) atoms. The van der Waals surface area contributed by atoms with Crippen LogP contribution in [0.15, 0.2) is 48.5 Å². The Kier molecular flexibility index (Phi) is 2.50. The third kappa shape index (κ3) is 2.05. The molecule has 2 nitrogen and oxygen atoms in total. The minimum atomic E-state index is 0.773. The lowest BCUT2D eigenvalue weighted by atomic mass is 10.0. The SMILES string of the molecule is N=Cc1ccc(-c2ccc(N)cc2)cc1. The van der Waals surface area contributed by atoms with E-state index in [-0.39, 0.29) is 0 Å². The Morgan fingerprint density at radius 3 is 1.73 bits per heavy atom. The van der Waals surface area contributed by atoms with Gasteiger partial charge in [0.25, 0.3) is 0 Å². The van der Waals surface area contributed by atoms with E-state index in [1.807, 2.05) is 48.5 Å². The van der Waals surface area contributed by atoms with Gasteiger partial charge in [-0.2, -0.15) is 0 Å². The minimum Gasteiger partial charge on any atom is -0.399 e. The van der Waals surface area contributed by atoms with Gasteiger partial charge in [0.05, 0.1) is 0 Å². The molecular formula is C13H12N2. The molecule has 0 unspecified atom stereocenters. The molecule has 2 heteroatoms. The van der Waals surface area contributed by atoms with Crippen LogP contribution in [0.3, 0.4) is 0 Å². The van der Waals surface area contributed by atoms with E-state index < -0.39 is 0 Å². The van der Waals surface area contributed by atoms with Gasteiger partial charge in [0.2, 0.25) is 0 Å². The van der Waals surface area contributed by atoms with Crippen molar-refractivity contribution in [2.75, 3.05) is 5.73 Å². The second-order valence-corrected chi connectivity index (χ2v) is 3.39. The maximum atomic E-state index is 7.11. The van der Waals surface area contributed by atoms with Crippen LogP contribution in [-0.2, 0) is 0 Å². The normalized spacial score (nSPS) is 9.87. The van der Waals surface area contributed by atoms with Crippen LogP contribution in [-0.4, -0.2) is 6.21 Å². The number of benzene rings is 2. The molecule has 0 atom stereocenters. The van der Waals surface area contributed by atoms with Gasteiger partial charge in [-0.3, -0.25) is 0 Å². The maximum absolute atomic E-state index is 7.11. The van der Waals surface area contributed by atoms with Crippen LogP contribution in [0.1, 0.15) is 5.56 Å². The predicted molar refractivity (Wildman–Crippen MR) is 64.2 cm³/mol. The third-order valence-corrected chi connectivity index (χ3v) is 2.32. The highest BCUT2D eigenvalue weighted by atomic mass is 14.5. The zero-order valence-corrected chi connectivity index (χ0v) is 8.27.